The lowest BCUT2D eigenvalue weighted by atomic mass is 10.0. The van der Waals surface area contributed by atoms with E-state index in [1.165, 1.54) is 0 Å². The molecule has 4 nitrogen and oxygen atoms in total. The predicted octanol–water partition coefficient (Wildman–Crippen LogP) is 0.607. The molecule has 2 N–H and O–H groups in total. The summed E-state index contributed by atoms with van der Waals surface area (Å²) in [6.07, 6.45) is 0.893. The van der Waals surface area contributed by atoms with E-state index >= 15 is 0 Å². The van der Waals surface area contributed by atoms with Crippen molar-refractivity contribution in [1.29, 1.82) is 0 Å². The van der Waals surface area contributed by atoms with Gasteiger partial charge in [0.2, 0.25) is 5.91 Å². The molecular weight excluding hydrogens is 192 g/mol. The summed E-state index contributed by atoms with van der Waals surface area (Å²) < 4.78 is 5.42. The average molecular weight is 214 g/mol. The lowest BCUT2D eigenvalue weighted by Gasteiger charge is -2.29. The Morgan fingerprint density at radius 3 is 2.67 bits per heavy atom. The second kappa shape index (κ2) is 5.47. The van der Waals surface area contributed by atoms with Crippen LogP contribution in [0.4, 0.5) is 0 Å². The molecule has 1 saturated heterocycles. The van der Waals surface area contributed by atoms with E-state index in [1.807, 2.05) is 25.7 Å². The topological polar surface area (TPSA) is 55.6 Å². The Morgan fingerprint density at radius 2 is 2.27 bits per heavy atom. The number of hydrogen-bond donors (Lipinski definition) is 1. The number of nitrogens with zero attached hydrogens (tertiary/aromatic N) is 1. The maximum absolute atomic E-state index is 12.2. The molecule has 15 heavy (non-hydrogen) atoms. The van der Waals surface area contributed by atoms with Crippen LogP contribution in [0.15, 0.2) is 0 Å². The van der Waals surface area contributed by atoms with Gasteiger partial charge in [0.1, 0.15) is 0 Å². The fraction of sp³-hybridized carbons (Fsp3) is 0.909. The maximum atomic E-state index is 12.2. The predicted molar refractivity (Wildman–Crippen MR) is 59.4 cm³/mol. The molecule has 0 aromatic rings. The van der Waals surface area contributed by atoms with Crippen molar-refractivity contribution >= 4 is 5.91 Å². The first kappa shape index (κ1) is 12.5. The third-order valence-corrected chi connectivity index (χ3v) is 2.97. The molecule has 88 valence electrons. The van der Waals surface area contributed by atoms with E-state index in [4.69, 9.17) is 10.5 Å². The Balaban J connectivity index is 2.62. The monoisotopic (exact) mass is 214 g/mol. The van der Waals surface area contributed by atoms with Gasteiger partial charge in [-0.2, -0.15) is 0 Å². The minimum absolute atomic E-state index is 0.0268. The molecule has 0 aromatic carbocycles. The molecule has 1 heterocycles. The van der Waals surface area contributed by atoms with Crippen molar-refractivity contribution in [1.82, 2.24) is 4.90 Å². The van der Waals surface area contributed by atoms with Gasteiger partial charge in [0.15, 0.2) is 0 Å². The fourth-order valence-corrected chi connectivity index (χ4v) is 2.03. The Hall–Kier alpha value is -0.610. The first-order valence-corrected chi connectivity index (χ1v) is 5.70. The fourth-order valence-electron chi connectivity index (χ4n) is 2.03. The van der Waals surface area contributed by atoms with Crippen molar-refractivity contribution in [2.75, 3.05) is 19.7 Å². The minimum Gasteiger partial charge on any atom is -0.378 e. The van der Waals surface area contributed by atoms with E-state index in [2.05, 4.69) is 0 Å². The summed E-state index contributed by atoms with van der Waals surface area (Å²) in [5.41, 5.74) is 5.51. The van der Waals surface area contributed by atoms with E-state index in [-0.39, 0.29) is 24.0 Å². The van der Waals surface area contributed by atoms with Gasteiger partial charge in [0.05, 0.1) is 12.0 Å². The largest absolute Gasteiger partial charge is 0.378 e. The normalized spacial score (nSPS) is 25.9. The van der Waals surface area contributed by atoms with Crippen LogP contribution in [0.2, 0.25) is 0 Å². The Bertz CT molecular complexity index is 219. The molecule has 1 aliphatic heterocycles. The number of hydrogen-bond acceptors (Lipinski definition) is 3. The highest BCUT2D eigenvalue weighted by Gasteiger charge is 2.34. The number of amides is 1. The molecule has 0 saturated carbocycles. The van der Waals surface area contributed by atoms with Gasteiger partial charge in [-0.15, -0.1) is 0 Å². The summed E-state index contributed by atoms with van der Waals surface area (Å²) in [6, 6.07) is 0.217. The van der Waals surface area contributed by atoms with E-state index in [0.29, 0.717) is 19.7 Å². The van der Waals surface area contributed by atoms with Crippen LogP contribution in [-0.4, -0.2) is 42.6 Å². The summed E-state index contributed by atoms with van der Waals surface area (Å²) >= 11 is 0. The smallest absolute Gasteiger partial charge is 0.228 e. The highest BCUT2D eigenvalue weighted by molar-refractivity contribution is 5.80. The second-order valence-corrected chi connectivity index (χ2v) is 4.39. The molecule has 0 aliphatic carbocycles. The number of nitrogens with two attached hydrogens (primary N) is 1. The molecule has 0 bridgehead atoms. The van der Waals surface area contributed by atoms with Crippen LogP contribution >= 0.6 is 0 Å². The summed E-state index contributed by atoms with van der Waals surface area (Å²) in [5.74, 6) is 0.222. The summed E-state index contributed by atoms with van der Waals surface area (Å²) in [7, 11) is 0. The van der Waals surface area contributed by atoms with Crippen molar-refractivity contribution in [3.05, 3.63) is 0 Å². The Labute approximate surface area is 91.8 Å². The Kier molecular flexibility index (Phi) is 4.54. The second-order valence-electron chi connectivity index (χ2n) is 4.39. The molecule has 1 aliphatic rings. The van der Waals surface area contributed by atoms with Gasteiger partial charge in [-0.05, 0) is 27.2 Å². The minimum atomic E-state index is 0.0268. The van der Waals surface area contributed by atoms with Crippen LogP contribution in [0.5, 0.6) is 0 Å². The van der Waals surface area contributed by atoms with Gasteiger partial charge in [-0.25, -0.2) is 0 Å². The molecular formula is C11H22N2O2. The lowest BCUT2D eigenvalue weighted by Crippen LogP contribution is -2.45. The molecule has 1 amide bonds. The molecule has 0 radical (unpaired) electrons. The van der Waals surface area contributed by atoms with Crippen LogP contribution < -0.4 is 5.73 Å². The van der Waals surface area contributed by atoms with Crippen molar-refractivity contribution in [3.8, 4) is 0 Å². The molecule has 0 spiro atoms. The summed E-state index contributed by atoms with van der Waals surface area (Å²) in [5, 5.41) is 0. The first-order valence-electron chi connectivity index (χ1n) is 5.70. The van der Waals surface area contributed by atoms with Gasteiger partial charge in [-0.1, -0.05) is 0 Å². The van der Waals surface area contributed by atoms with Gasteiger partial charge in [0, 0.05) is 25.7 Å². The van der Waals surface area contributed by atoms with Crippen LogP contribution in [0.3, 0.4) is 0 Å². The molecule has 2 atom stereocenters. The number of carbonyl (C=O) groups is 1. The van der Waals surface area contributed by atoms with E-state index in [9.17, 15) is 4.79 Å². The number of rotatable bonds is 4. The third kappa shape index (κ3) is 2.92. The van der Waals surface area contributed by atoms with Crippen LogP contribution in [0.25, 0.3) is 0 Å². The molecule has 1 rings (SSSR count). The SMILES string of the molecule is CC1OCCC1C(=O)N(CCN)C(C)C. The van der Waals surface area contributed by atoms with E-state index < -0.39 is 0 Å². The zero-order valence-electron chi connectivity index (χ0n) is 9.90. The summed E-state index contributed by atoms with van der Waals surface area (Å²) in [4.78, 5) is 14.0. The van der Waals surface area contributed by atoms with Crippen LogP contribution in [0.1, 0.15) is 27.2 Å². The van der Waals surface area contributed by atoms with E-state index in [1.54, 1.807) is 0 Å². The van der Waals surface area contributed by atoms with Gasteiger partial charge in [0.25, 0.3) is 0 Å². The average Bonchev–Trinajstić information content (AvgIpc) is 2.59. The highest BCUT2D eigenvalue weighted by Crippen LogP contribution is 2.23. The van der Waals surface area contributed by atoms with Crippen molar-refractivity contribution < 1.29 is 9.53 Å². The zero-order valence-corrected chi connectivity index (χ0v) is 9.90. The number of carbonyl (C=O) groups excluding carboxylic acids is 1. The van der Waals surface area contributed by atoms with Crippen molar-refractivity contribution in [2.24, 2.45) is 11.7 Å². The van der Waals surface area contributed by atoms with Crippen molar-refractivity contribution in [3.63, 3.8) is 0 Å². The van der Waals surface area contributed by atoms with Crippen molar-refractivity contribution in [2.45, 2.75) is 39.3 Å². The molecule has 0 aromatic heterocycles. The van der Waals surface area contributed by atoms with Crippen LogP contribution in [-0.2, 0) is 9.53 Å². The number of ether oxygens (including phenoxy) is 1. The highest BCUT2D eigenvalue weighted by atomic mass is 16.5. The van der Waals surface area contributed by atoms with Gasteiger partial charge < -0.3 is 15.4 Å². The Morgan fingerprint density at radius 1 is 1.60 bits per heavy atom. The van der Waals surface area contributed by atoms with Crippen LogP contribution in [0, 0.1) is 5.92 Å². The molecule has 2 unspecified atom stereocenters. The molecule has 1 fully saturated rings. The first-order chi connectivity index (χ1) is 7.07. The quantitative estimate of drug-likeness (QED) is 0.746. The van der Waals surface area contributed by atoms with Gasteiger partial charge >= 0.3 is 0 Å². The maximum Gasteiger partial charge on any atom is 0.228 e. The standard InChI is InChI=1S/C11H22N2O2/c1-8(2)13(6-5-12)11(14)10-4-7-15-9(10)3/h8-10H,4-7,12H2,1-3H3. The third-order valence-electron chi connectivity index (χ3n) is 2.97. The van der Waals surface area contributed by atoms with E-state index in [0.717, 1.165) is 6.42 Å². The zero-order chi connectivity index (χ0) is 11.4. The molecule has 4 heteroatoms. The summed E-state index contributed by atoms with van der Waals surface area (Å²) in [6.45, 7) is 7.87. The van der Waals surface area contributed by atoms with Gasteiger partial charge in [-0.3, -0.25) is 4.79 Å². The lowest BCUT2D eigenvalue weighted by molar-refractivity contribution is -0.138.